The zero-order valence-corrected chi connectivity index (χ0v) is 13.9. The molecule has 1 N–H and O–H groups in total. The summed E-state index contributed by atoms with van der Waals surface area (Å²) in [6, 6.07) is 20.3. The lowest BCUT2D eigenvalue weighted by molar-refractivity contribution is 0.0919. The van der Waals surface area contributed by atoms with Crippen molar-refractivity contribution in [2.75, 3.05) is 13.1 Å². The van der Waals surface area contributed by atoms with Crippen molar-refractivity contribution in [1.82, 2.24) is 10.2 Å². The topological polar surface area (TPSA) is 41.6 Å². The van der Waals surface area contributed by atoms with Crippen molar-refractivity contribution in [3.8, 4) is 0 Å². The molecule has 0 bridgehead atoms. The number of amides is 1. The molecule has 0 unspecified atom stereocenters. The Kier molecular flexibility index (Phi) is 5.85. The molecule has 1 heterocycles. The summed E-state index contributed by atoms with van der Waals surface area (Å²) in [6.07, 6.45) is 1.86. The minimum absolute atomic E-state index is 0.206. The van der Waals surface area contributed by atoms with E-state index >= 15 is 0 Å². The molecule has 0 aliphatic carbocycles. The third kappa shape index (κ3) is 4.59. The SMILES string of the molecule is O=C(OCc1ccccc1)N1CCC[C@H]1CNCc1ccccc1. The van der Waals surface area contributed by atoms with Crippen molar-refractivity contribution in [3.63, 3.8) is 0 Å². The van der Waals surface area contributed by atoms with Gasteiger partial charge in [-0.2, -0.15) is 0 Å². The Morgan fingerprint density at radius 2 is 1.71 bits per heavy atom. The fraction of sp³-hybridized carbons (Fsp3) is 0.350. The third-order valence-corrected chi connectivity index (χ3v) is 4.37. The lowest BCUT2D eigenvalue weighted by Gasteiger charge is -2.24. The molecule has 0 spiro atoms. The smallest absolute Gasteiger partial charge is 0.410 e. The van der Waals surface area contributed by atoms with Crippen molar-refractivity contribution in [2.45, 2.75) is 32.0 Å². The first kappa shape index (κ1) is 16.5. The van der Waals surface area contributed by atoms with Gasteiger partial charge in [-0.05, 0) is 24.0 Å². The van der Waals surface area contributed by atoms with Gasteiger partial charge in [-0.3, -0.25) is 0 Å². The van der Waals surface area contributed by atoms with Crippen LogP contribution in [0.5, 0.6) is 0 Å². The second kappa shape index (κ2) is 8.50. The summed E-state index contributed by atoms with van der Waals surface area (Å²) >= 11 is 0. The Bertz CT molecular complexity index is 631. The highest BCUT2D eigenvalue weighted by Crippen LogP contribution is 2.18. The van der Waals surface area contributed by atoms with Gasteiger partial charge in [0.1, 0.15) is 6.61 Å². The number of likely N-dealkylation sites (tertiary alicyclic amines) is 1. The van der Waals surface area contributed by atoms with E-state index in [1.165, 1.54) is 5.56 Å². The minimum Gasteiger partial charge on any atom is -0.445 e. The van der Waals surface area contributed by atoms with Gasteiger partial charge in [0.05, 0.1) is 0 Å². The number of ether oxygens (including phenoxy) is 1. The molecule has 24 heavy (non-hydrogen) atoms. The maximum absolute atomic E-state index is 12.3. The number of hydrogen-bond acceptors (Lipinski definition) is 3. The maximum atomic E-state index is 12.3. The predicted molar refractivity (Wildman–Crippen MR) is 94.5 cm³/mol. The zero-order chi connectivity index (χ0) is 16.6. The van der Waals surface area contributed by atoms with E-state index in [0.29, 0.717) is 6.61 Å². The Morgan fingerprint density at radius 1 is 1.04 bits per heavy atom. The first-order chi connectivity index (χ1) is 11.8. The molecule has 2 aromatic rings. The lowest BCUT2D eigenvalue weighted by Crippen LogP contribution is -2.41. The average Bonchev–Trinajstić information content (AvgIpc) is 3.10. The molecule has 126 valence electrons. The molecular weight excluding hydrogens is 300 g/mol. The van der Waals surface area contributed by atoms with Crippen LogP contribution in [0.1, 0.15) is 24.0 Å². The van der Waals surface area contributed by atoms with Crippen LogP contribution in [0.25, 0.3) is 0 Å². The summed E-state index contributed by atoms with van der Waals surface area (Å²) in [5.41, 5.74) is 2.28. The second-order valence-corrected chi connectivity index (χ2v) is 6.15. The van der Waals surface area contributed by atoms with Gasteiger partial charge in [0.15, 0.2) is 0 Å². The molecule has 1 fully saturated rings. The fourth-order valence-electron chi connectivity index (χ4n) is 3.07. The number of rotatable bonds is 6. The largest absolute Gasteiger partial charge is 0.445 e. The summed E-state index contributed by atoms with van der Waals surface area (Å²) in [7, 11) is 0. The van der Waals surface area contributed by atoms with Crippen LogP contribution in [-0.2, 0) is 17.9 Å². The van der Waals surface area contributed by atoms with Gasteiger partial charge in [0.2, 0.25) is 0 Å². The standard InChI is InChI=1S/C20H24N2O2/c23-20(24-16-18-10-5-2-6-11-18)22-13-7-12-19(22)15-21-14-17-8-3-1-4-9-17/h1-6,8-11,19,21H,7,12-16H2/t19-/m0/s1. The van der Waals surface area contributed by atoms with Gasteiger partial charge in [0.25, 0.3) is 0 Å². The van der Waals surface area contributed by atoms with Gasteiger partial charge in [-0.1, -0.05) is 60.7 Å². The van der Waals surface area contributed by atoms with E-state index < -0.39 is 0 Å². The van der Waals surface area contributed by atoms with E-state index in [1.54, 1.807) is 0 Å². The molecule has 1 atom stereocenters. The van der Waals surface area contributed by atoms with Crippen LogP contribution in [0.3, 0.4) is 0 Å². The van der Waals surface area contributed by atoms with Crippen molar-refractivity contribution in [3.05, 3.63) is 71.8 Å². The van der Waals surface area contributed by atoms with E-state index in [-0.39, 0.29) is 12.1 Å². The van der Waals surface area contributed by atoms with Crippen LogP contribution in [-0.4, -0.2) is 30.1 Å². The minimum atomic E-state index is -0.206. The highest BCUT2D eigenvalue weighted by molar-refractivity contribution is 5.68. The van der Waals surface area contributed by atoms with E-state index in [9.17, 15) is 4.79 Å². The van der Waals surface area contributed by atoms with E-state index in [4.69, 9.17) is 4.74 Å². The first-order valence-electron chi connectivity index (χ1n) is 8.55. The van der Waals surface area contributed by atoms with Crippen molar-refractivity contribution < 1.29 is 9.53 Å². The van der Waals surface area contributed by atoms with E-state index in [1.807, 2.05) is 53.4 Å². The summed E-state index contributed by atoms with van der Waals surface area (Å²) in [4.78, 5) is 14.2. The van der Waals surface area contributed by atoms with Crippen LogP contribution < -0.4 is 5.32 Å². The number of nitrogens with one attached hydrogen (secondary N) is 1. The van der Waals surface area contributed by atoms with Crippen LogP contribution in [0.2, 0.25) is 0 Å². The normalized spacial score (nSPS) is 17.0. The Morgan fingerprint density at radius 3 is 2.42 bits per heavy atom. The maximum Gasteiger partial charge on any atom is 0.410 e. The monoisotopic (exact) mass is 324 g/mol. The Hall–Kier alpha value is -2.33. The molecule has 3 rings (SSSR count). The third-order valence-electron chi connectivity index (χ3n) is 4.37. The molecule has 4 heteroatoms. The number of carbonyl (C=O) groups excluding carboxylic acids is 1. The molecule has 0 saturated carbocycles. The summed E-state index contributed by atoms with van der Waals surface area (Å²) in [6.45, 7) is 2.74. The number of benzene rings is 2. The summed E-state index contributed by atoms with van der Waals surface area (Å²) in [5.74, 6) is 0. The number of nitrogens with zero attached hydrogens (tertiary/aromatic N) is 1. The fourth-order valence-corrected chi connectivity index (χ4v) is 3.07. The van der Waals surface area contributed by atoms with Gasteiger partial charge < -0.3 is 15.0 Å². The predicted octanol–water partition coefficient (Wildman–Crippen LogP) is 3.58. The van der Waals surface area contributed by atoms with Crippen LogP contribution in [0.15, 0.2) is 60.7 Å². The molecule has 1 saturated heterocycles. The molecule has 4 nitrogen and oxygen atoms in total. The first-order valence-corrected chi connectivity index (χ1v) is 8.55. The van der Waals surface area contributed by atoms with E-state index in [0.717, 1.165) is 38.0 Å². The highest BCUT2D eigenvalue weighted by Gasteiger charge is 2.29. The van der Waals surface area contributed by atoms with Crippen LogP contribution >= 0.6 is 0 Å². The molecule has 0 aromatic heterocycles. The quantitative estimate of drug-likeness (QED) is 0.883. The van der Waals surface area contributed by atoms with Gasteiger partial charge in [-0.15, -0.1) is 0 Å². The van der Waals surface area contributed by atoms with E-state index in [2.05, 4.69) is 17.4 Å². The summed E-state index contributed by atoms with van der Waals surface area (Å²) < 4.78 is 5.47. The second-order valence-electron chi connectivity index (χ2n) is 6.15. The average molecular weight is 324 g/mol. The molecule has 1 amide bonds. The van der Waals surface area contributed by atoms with Crippen LogP contribution in [0.4, 0.5) is 4.79 Å². The van der Waals surface area contributed by atoms with Gasteiger partial charge >= 0.3 is 6.09 Å². The van der Waals surface area contributed by atoms with Gasteiger partial charge in [0, 0.05) is 25.7 Å². The molecule has 2 aromatic carbocycles. The number of carbonyl (C=O) groups is 1. The molecular formula is C20H24N2O2. The lowest BCUT2D eigenvalue weighted by atomic mass is 10.2. The Labute approximate surface area is 143 Å². The van der Waals surface area contributed by atoms with Crippen molar-refractivity contribution in [2.24, 2.45) is 0 Å². The van der Waals surface area contributed by atoms with Crippen molar-refractivity contribution in [1.29, 1.82) is 0 Å². The highest BCUT2D eigenvalue weighted by atomic mass is 16.6. The van der Waals surface area contributed by atoms with Crippen LogP contribution in [0, 0.1) is 0 Å². The Balaban J connectivity index is 1.45. The molecule has 0 radical (unpaired) electrons. The van der Waals surface area contributed by atoms with Crippen molar-refractivity contribution >= 4 is 6.09 Å². The van der Waals surface area contributed by atoms with Gasteiger partial charge in [-0.25, -0.2) is 4.79 Å². The number of hydrogen-bond donors (Lipinski definition) is 1. The molecule has 1 aliphatic heterocycles. The summed E-state index contributed by atoms with van der Waals surface area (Å²) in [5, 5.41) is 3.45. The zero-order valence-electron chi connectivity index (χ0n) is 13.9. The molecule has 1 aliphatic rings.